The number of nitrogens with one attached hydrogen (secondary N) is 1. The second kappa shape index (κ2) is 6.68. The van der Waals surface area contributed by atoms with Crippen LogP contribution in [0.15, 0.2) is 34.7 Å². The molecule has 0 radical (unpaired) electrons. The van der Waals surface area contributed by atoms with Gasteiger partial charge in [-0.25, -0.2) is 0 Å². The zero-order valence-electron chi connectivity index (χ0n) is 12.3. The first-order valence-electron chi connectivity index (χ1n) is 6.76. The van der Waals surface area contributed by atoms with Crippen LogP contribution in [0.3, 0.4) is 0 Å². The maximum atomic E-state index is 12.0. The van der Waals surface area contributed by atoms with E-state index in [1.807, 2.05) is 0 Å². The van der Waals surface area contributed by atoms with Gasteiger partial charge in [-0.3, -0.25) is 4.79 Å². The van der Waals surface area contributed by atoms with E-state index in [9.17, 15) is 4.79 Å². The summed E-state index contributed by atoms with van der Waals surface area (Å²) in [7, 11) is 0. The van der Waals surface area contributed by atoms with E-state index in [0.717, 1.165) is 0 Å². The van der Waals surface area contributed by atoms with Gasteiger partial charge in [0.15, 0.2) is 5.76 Å². The third-order valence-corrected chi connectivity index (χ3v) is 3.02. The summed E-state index contributed by atoms with van der Waals surface area (Å²) in [4.78, 5) is 12.0. The van der Waals surface area contributed by atoms with Crippen LogP contribution in [0.5, 0.6) is 5.75 Å². The first-order chi connectivity index (χ1) is 9.95. The van der Waals surface area contributed by atoms with Crippen molar-refractivity contribution in [1.29, 1.82) is 0 Å². The van der Waals surface area contributed by atoms with E-state index >= 15 is 0 Å². The van der Waals surface area contributed by atoms with Gasteiger partial charge >= 0.3 is 0 Å². The van der Waals surface area contributed by atoms with Crippen LogP contribution in [0.4, 0.5) is 5.69 Å². The van der Waals surface area contributed by atoms with Gasteiger partial charge in [0.2, 0.25) is 0 Å². The number of amides is 1. The number of furan rings is 1. The monoisotopic (exact) mass is 307 g/mol. The number of aryl methyl sites for hydroxylation is 1. The number of carbonyl (C=O) groups excluding carboxylic acids is 1. The zero-order chi connectivity index (χ0) is 15.4. The molecule has 0 fully saturated rings. The van der Waals surface area contributed by atoms with Crippen molar-refractivity contribution < 1.29 is 13.9 Å². The van der Waals surface area contributed by atoms with E-state index in [1.165, 1.54) is 0 Å². The SMILES string of the molecule is Cc1ccc(C(=O)Nc2ccc(OCC(C)C)c(Cl)c2)o1. The largest absolute Gasteiger partial charge is 0.492 e. The van der Waals surface area contributed by atoms with Crippen molar-refractivity contribution >= 4 is 23.2 Å². The van der Waals surface area contributed by atoms with Gasteiger partial charge in [0.05, 0.1) is 11.6 Å². The minimum atomic E-state index is -0.310. The molecule has 0 saturated heterocycles. The van der Waals surface area contributed by atoms with Gasteiger partial charge in [0.1, 0.15) is 11.5 Å². The number of rotatable bonds is 5. The Labute approximate surface area is 129 Å². The molecule has 0 atom stereocenters. The quantitative estimate of drug-likeness (QED) is 0.883. The van der Waals surface area contributed by atoms with Crippen LogP contribution in [0.1, 0.15) is 30.2 Å². The zero-order valence-corrected chi connectivity index (χ0v) is 13.0. The first kappa shape index (κ1) is 15.4. The topological polar surface area (TPSA) is 51.5 Å². The van der Waals surface area contributed by atoms with Crippen LogP contribution in [-0.2, 0) is 0 Å². The van der Waals surface area contributed by atoms with Crippen LogP contribution in [0, 0.1) is 12.8 Å². The normalized spacial score (nSPS) is 10.7. The summed E-state index contributed by atoms with van der Waals surface area (Å²) in [6.07, 6.45) is 0. The Kier molecular flexibility index (Phi) is 4.91. The molecular weight excluding hydrogens is 290 g/mol. The molecule has 112 valence electrons. The lowest BCUT2D eigenvalue weighted by atomic mass is 10.2. The average Bonchev–Trinajstić information content (AvgIpc) is 2.84. The molecule has 0 spiro atoms. The standard InChI is InChI=1S/C16H18ClNO3/c1-10(2)9-20-14-7-5-12(8-13(14)17)18-16(19)15-6-4-11(3)21-15/h4-8,10H,9H2,1-3H3,(H,18,19). The van der Waals surface area contributed by atoms with Crippen LogP contribution in [0.25, 0.3) is 0 Å². The molecule has 1 aromatic carbocycles. The van der Waals surface area contributed by atoms with Gasteiger partial charge in [-0.15, -0.1) is 0 Å². The van der Waals surface area contributed by atoms with Crippen molar-refractivity contribution in [2.24, 2.45) is 5.92 Å². The second-order valence-corrected chi connectivity index (χ2v) is 5.62. The van der Waals surface area contributed by atoms with Gasteiger partial charge in [-0.2, -0.15) is 0 Å². The molecule has 1 heterocycles. The Hall–Kier alpha value is -1.94. The lowest BCUT2D eigenvalue weighted by Crippen LogP contribution is -2.11. The number of hydrogen-bond donors (Lipinski definition) is 1. The van der Waals surface area contributed by atoms with Crippen molar-refractivity contribution in [2.45, 2.75) is 20.8 Å². The molecular formula is C16H18ClNO3. The Bertz CT molecular complexity index is 634. The number of hydrogen-bond acceptors (Lipinski definition) is 3. The molecule has 0 aliphatic heterocycles. The minimum Gasteiger partial charge on any atom is -0.492 e. The summed E-state index contributed by atoms with van der Waals surface area (Å²) < 4.78 is 10.8. The Morgan fingerprint density at radius 3 is 2.67 bits per heavy atom. The summed E-state index contributed by atoms with van der Waals surface area (Å²) in [5, 5.41) is 3.19. The van der Waals surface area contributed by atoms with Crippen molar-refractivity contribution in [1.82, 2.24) is 0 Å². The molecule has 2 rings (SSSR count). The second-order valence-electron chi connectivity index (χ2n) is 5.21. The molecule has 5 heteroatoms. The van der Waals surface area contributed by atoms with Gasteiger partial charge < -0.3 is 14.5 Å². The molecule has 1 aromatic heterocycles. The molecule has 0 saturated carbocycles. The smallest absolute Gasteiger partial charge is 0.291 e. The van der Waals surface area contributed by atoms with Crippen LogP contribution in [-0.4, -0.2) is 12.5 Å². The lowest BCUT2D eigenvalue weighted by Gasteiger charge is -2.11. The van der Waals surface area contributed by atoms with Gasteiger partial charge in [-0.1, -0.05) is 25.4 Å². The Morgan fingerprint density at radius 2 is 2.10 bits per heavy atom. The maximum Gasteiger partial charge on any atom is 0.291 e. The van der Waals surface area contributed by atoms with E-state index in [4.69, 9.17) is 20.8 Å². The highest BCUT2D eigenvalue weighted by Gasteiger charge is 2.11. The molecule has 0 bridgehead atoms. The Balaban J connectivity index is 2.04. The maximum absolute atomic E-state index is 12.0. The summed E-state index contributed by atoms with van der Waals surface area (Å²) in [6, 6.07) is 8.52. The number of ether oxygens (including phenoxy) is 1. The van der Waals surface area contributed by atoms with Crippen molar-refractivity contribution in [3.63, 3.8) is 0 Å². The molecule has 0 unspecified atom stereocenters. The van der Waals surface area contributed by atoms with Crippen molar-refractivity contribution in [2.75, 3.05) is 11.9 Å². The van der Waals surface area contributed by atoms with Crippen molar-refractivity contribution in [3.05, 3.63) is 46.9 Å². The average molecular weight is 308 g/mol. The lowest BCUT2D eigenvalue weighted by molar-refractivity contribution is 0.0995. The van der Waals surface area contributed by atoms with E-state index in [-0.39, 0.29) is 11.7 Å². The van der Waals surface area contributed by atoms with E-state index in [2.05, 4.69) is 19.2 Å². The third-order valence-electron chi connectivity index (χ3n) is 2.73. The molecule has 4 nitrogen and oxygen atoms in total. The first-order valence-corrected chi connectivity index (χ1v) is 7.13. The molecule has 0 aliphatic carbocycles. The minimum absolute atomic E-state index is 0.267. The Morgan fingerprint density at radius 1 is 1.33 bits per heavy atom. The van der Waals surface area contributed by atoms with E-state index in [1.54, 1.807) is 37.3 Å². The fraction of sp³-hybridized carbons (Fsp3) is 0.312. The summed E-state index contributed by atoms with van der Waals surface area (Å²) >= 11 is 6.15. The van der Waals surface area contributed by atoms with Gasteiger partial charge in [-0.05, 0) is 43.2 Å². The highest BCUT2D eigenvalue weighted by molar-refractivity contribution is 6.32. The molecule has 1 N–H and O–H groups in total. The summed E-state index contributed by atoms with van der Waals surface area (Å²) in [6.45, 7) is 6.51. The molecule has 0 aliphatic rings. The van der Waals surface area contributed by atoms with E-state index < -0.39 is 0 Å². The van der Waals surface area contributed by atoms with Crippen LogP contribution in [0.2, 0.25) is 5.02 Å². The molecule has 21 heavy (non-hydrogen) atoms. The summed E-state index contributed by atoms with van der Waals surface area (Å²) in [5.41, 5.74) is 0.593. The van der Waals surface area contributed by atoms with Crippen LogP contribution < -0.4 is 10.1 Å². The molecule has 1 amide bonds. The van der Waals surface area contributed by atoms with E-state index in [0.29, 0.717) is 34.7 Å². The number of benzene rings is 1. The van der Waals surface area contributed by atoms with Gasteiger partial charge in [0, 0.05) is 5.69 Å². The molecule has 2 aromatic rings. The number of halogens is 1. The number of carbonyl (C=O) groups is 1. The van der Waals surface area contributed by atoms with Gasteiger partial charge in [0.25, 0.3) is 5.91 Å². The predicted molar refractivity (Wildman–Crippen MR) is 83.2 cm³/mol. The fourth-order valence-corrected chi connectivity index (χ4v) is 1.94. The predicted octanol–water partition coefficient (Wildman–Crippen LogP) is 4.53. The van der Waals surface area contributed by atoms with Crippen LogP contribution >= 0.6 is 11.6 Å². The third kappa shape index (κ3) is 4.26. The van der Waals surface area contributed by atoms with Crippen molar-refractivity contribution in [3.8, 4) is 5.75 Å². The number of anilines is 1. The highest BCUT2D eigenvalue weighted by Crippen LogP contribution is 2.28. The fourth-order valence-electron chi connectivity index (χ4n) is 1.70. The highest BCUT2D eigenvalue weighted by atomic mass is 35.5. The summed E-state index contributed by atoms with van der Waals surface area (Å²) in [5.74, 6) is 1.68.